The summed E-state index contributed by atoms with van der Waals surface area (Å²) < 4.78 is 5.84. The third kappa shape index (κ3) is 7.51. The van der Waals surface area contributed by atoms with Crippen LogP contribution in [-0.4, -0.2) is 12.1 Å². The molecule has 0 heterocycles. The van der Waals surface area contributed by atoms with Crippen molar-refractivity contribution in [2.75, 3.05) is 0 Å². The van der Waals surface area contributed by atoms with Crippen molar-refractivity contribution >= 4 is 11.5 Å². The van der Waals surface area contributed by atoms with Gasteiger partial charge in [-0.3, -0.25) is 0 Å². The van der Waals surface area contributed by atoms with Crippen LogP contribution in [0.2, 0.25) is 0 Å². The Kier molecular flexibility index (Phi) is 9.68. The van der Waals surface area contributed by atoms with E-state index in [0.29, 0.717) is 5.56 Å². The van der Waals surface area contributed by atoms with Crippen LogP contribution in [0.4, 0.5) is 0 Å². The first kappa shape index (κ1) is 24.1. The van der Waals surface area contributed by atoms with Gasteiger partial charge < -0.3 is 4.74 Å². The third-order valence-electron chi connectivity index (χ3n) is 7.73. The molecule has 31 heavy (non-hydrogen) atoms. The highest BCUT2D eigenvalue weighted by Gasteiger charge is 2.24. The van der Waals surface area contributed by atoms with E-state index in [1.807, 2.05) is 12.1 Å². The topological polar surface area (TPSA) is 26.3 Å². The Morgan fingerprint density at radius 1 is 1.00 bits per heavy atom. The van der Waals surface area contributed by atoms with Gasteiger partial charge in [0.15, 0.2) is 0 Å². The van der Waals surface area contributed by atoms with Crippen molar-refractivity contribution in [3.63, 3.8) is 0 Å². The summed E-state index contributed by atoms with van der Waals surface area (Å²) in [5.74, 6) is 2.37. The quantitative estimate of drug-likeness (QED) is 0.277. The van der Waals surface area contributed by atoms with E-state index in [1.54, 1.807) is 0 Å². The lowest BCUT2D eigenvalue weighted by atomic mass is 9.81. The molecule has 0 saturated heterocycles. The molecule has 2 aliphatic rings. The number of unbranched alkanes of at least 4 members (excludes halogenated alkanes) is 2. The lowest BCUT2D eigenvalue weighted by Gasteiger charge is -2.28. The molecule has 2 aliphatic carbocycles. The van der Waals surface area contributed by atoms with E-state index in [9.17, 15) is 4.79 Å². The van der Waals surface area contributed by atoms with Gasteiger partial charge in [-0.05, 0) is 92.4 Å². The number of rotatable bonds is 10. The minimum Gasteiger partial charge on any atom is -0.459 e. The highest BCUT2D eigenvalue weighted by molar-refractivity contribution is 5.90. The highest BCUT2D eigenvalue weighted by Crippen LogP contribution is 2.34. The first-order chi connectivity index (χ1) is 15.1. The Hall–Kier alpha value is -1.57. The monoisotopic (exact) mass is 424 g/mol. The van der Waals surface area contributed by atoms with Gasteiger partial charge in [0.1, 0.15) is 6.10 Å². The molecule has 0 aliphatic heterocycles. The SMILES string of the molecule is CCCCCC1CCC(OC(=O)c2ccc(C3=CCC(CC(C)CC)CC3)cc2)CC1. The van der Waals surface area contributed by atoms with Crippen LogP contribution in [-0.2, 0) is 4.74 Å². The summed E-state index contributed by atoms with van der Waals surface area (Å²) in [7, 11) is 0. The van der Waals surface area contributed by atoms with Crippen molar-refractivity contribution in [2.45, 2.75) is 110 Å². The zero-order chi connectivity index (χ0) is 22.1. The summed E-state index contributed by atoms with van der Waals surface area (Å²) in [6.07, 6.45) is 18.7. The number of carbonyl (C=O) groups is 1. The third-order valence-corrected chi connectivity index (χ3v) is 7.73. The fraction of sp³-hybridized carbons (Fsp3) is 0.690. The van der Waals surface area contributed by atoms with Gasteiger partial charge in [0.2, 0.25) is 0 Å². The summed E-state index contributed by atoms with van der Waals surface area (Å²) in [4.78, 5) is 12.6. The zero-order valence-electron chi connectivity index (χ0n) is 20.2. The van der Waals surface area contributed by atoms with Gasteiger partial charge in [-0.1, -0.05) is 71.1 Å². The van der Waals surface area contributed by atoms with Crippen molar-refractivity contribution in [1.82, 2.24) is 0 Å². The normalized spacial score (nSPS) is 25.0. The molecule has 2 heteroatoms. The van der Waals surface area contributed by atoms with Crippen LogP contribution in [0, 0.1) is 17.8 Å². The average molecular weight is 425 g/mol. The number of carbonyl (C=O) groups excluding carboxylic acids is 1. The van der Waals surface area contributed by atoms with Crippen molar-refractivity contribution < 1.29 is 9.53 Å². The summed E-state index contributed by atoms with van der Waals surface area (Å²) in [6.45, 7) is 6.93. The van der Waals surface area contributed by atoms with E-state index in [1.165, 1.54) is 75.3 Å². The molecule has 0 spiro atoms. The number of benzene rings is 1. The molecule has 1 aromatic carbocycles. The maximum absolute atomic E-state index is 12.6. The van der Waals surface area contributed by atoms with Crippen LogP contribution in [0.3, 0.4) is 0 Å². The summed E-state index contributed by atoms with van der Waals surface area (Å²) in [5.41, 5.74) is 3.41. The number of ether oxygens (including phenoxy) is 1. The molecular weight excluding hydrogens is 380 g/mol. The summed E-state index contributed by atoms with van der Waals surface area (Å²) in [5, 5.41) is 0. The molecule has 0 N–H and O–H groups in total. The molecular formula is C29H44O2. The van der Waals surface area contributed by atoms with E-state index >= 15 is 0 Å². The highest BCUT2D eigenvalue weighted by atomic mass is 16.5. The minimum atomic E-state index is -0.146. The molecule has 0 radical (unpaired) electrons. The van der Waals surface area contributed by atoms with Gasteiger partial charge in [-0.15, -0.1) is 0 Å². The Bertz CT molecular complexity index is 694. The van der Waals surface area contributed by atoms with Gasteiger partial charge in [0.25, 0.3) is 0 Å². The fourth-order valence-electron chi connectivity index (χ4n) is 5.36. The van der Waals surface area contributed by atoms with Gasteiger partial charge in [-0.25, -0.2) is 4.79 Å². The van der Waals surface area contributed by atoms with Crippen molar-refractivity contribution in [2.24, 2.45) is 17.8 Å². The molecule has 3 rings (SSSR count). The zero-order valence-corrected chi connectivity index (χ0v) is 20.2. The molecule has 2 atom stereocenters. The predicted molar refractivity (Wildman–Crippen MR) is 131 cm³/mol. The molecule has 1 saturated carbocycles. The van der Waals surface area contributed by atoms with Crippen LogP contribution in [0.5, 0.6) is 0 Å². The molecule has 2 nitrogen and oxygen atoms in total. The van der Waals surface area contributed by atoms with Gasteiger partial charge >= 0.3 is 5.97 Å². The number of hydrogen-bond acceptors (Lipinski definition) is 2. The van der Waals surface area contributed by atoms with Crippen LogP contribution < -0.4 is 0 Å². The van der Waals surface area contributed by atoms with E-state index in [0.717, 1.165) is 37.0 Å². The van der Waals surface area contributed by atoms with E-state index < -0.39 is 0 Å². The Balaban J connectivity index is 1.44. The fourth-order valence-corrected chi connectivity index (χ4v) is 5.36. The Morgan fingerprint density at radius 3 is 2.35 bits per heavy atom. The predicted octanol–water partition coefficient (Wildman–Crippen LogP) is 8.60. The van der Waals surface area contributed by atoms with E-state index in [-0.39, 0.29) is 12.1 Å². The maximum atomic E-state index is 12.6. The standard InChI is InChI=1S/C29H44O2/c1-4-6-7-8-23-11-19-28(20-12-23)31-29(30)27-17-15-26(16-18-27)25-13-9-24(10-14-25)21-22(3)5-2/h13,15-18,22-24,28H,4-12,14,19-21H2,1-3H3. The molecule has 1 aromatic rings. The molecule has 0 amide bonds. The largest absolute Gasteiger partial charge is 0.459 e. The van der Waals surface area contributed by atoms with Crippen LogP contribution in [0.1, 0.15) is 120 Å². The smallest absolute Gasteiger partial charge is 0.338 e. The molecule has 0 bridgehead atoms. The lowest BCUT2D eigenvalue weighted by Crippen LogP contribution is -2.24. The van der Waals surface area contributed by atoms with E-state index in [4.69, 9.17) is 4.74 Å². The van der Waals surface area contributed by atoms with Gasteiger partial charge in [0.05, 0.1) is 5.56 Å². The summed E-state index contributed by atoms with van der Waals surface area (Å²) in [6, 6.07) is 8.14. The second-order valence-corrected chi connectivity index (χ2v) is 10.2. The minimum absolute atomic E-state index is 0.109. The van der Waals surface area contributed by atoms with Crippen LogP contribution in [0.15, 0.2) is 30.3 Å². The first-order valence-electron chi connectivity index (χ1n) is 13.1. The lowest BCUT2D eigenvalue weighted by molar-refractivity contribution is 0.0161. The first-order valence-corrected chi connectivity index (χ1v) is 13.1. The number of allylic oxidation sites excluding steroid dienone is 2. The Morgan fingerprint density at radius 2 is 1.74 bits per heavy atom. The van der Waals surface area contributed by atoms with Crippen molar-refractivity contribution in [3.05, 3.63) is 41.5 Å². The molecule has 1 fully saturated rings. The van der Waals surface area contributed by atoms with Gasteiger partial charge in [0, 0.05) is 0 Å². The Labute approximate surface area is 190 Å². The number of hydrogen-bond donors (Lipinski definition) is 0. The maximum Gasteiger partial charge on any atom is 0.338 e. The second kappa shape index (κ2) is 12.5. The second-order valence-electron chi connectivity index (χ2n) is 10.2. The molecule has 0 aromatic heterocycles. The van der Waals surface area contributed by atoms with E-state index in [2.05, 4.69) is 39.0 Å². The molecule has 172 valence electrons. The van der Waals surface area contributed by atoms with Crippen molar-refractivity contribution in [3.8, 4) is 0 Å². The van der Waals surface area contributed by atoms with Crippen LogP contribution >= 0.6 is 0 Å². The molecule has 2 unspecified atom stereocenters. The summed E-state index contributed by atoms with van der Waals surface area (Å²) >= 11 is 0. The number of esters is 1. The van der Waals surface area contributed by atoms with Crippen LogP contribution in [0.25, 0.3) is 5.57 Å². The van der Waals surface area contributed by atoms with Crippen molar-refractivity contribution in [1.29, 1.82) is 0 Å². The van der Waals surface area contributed by atoms with Gasteiger partial charge in [-0.2, -0.15) is 0 Å². The average Bonchev–Trinajstić information content (AvgIpc) is 2.81.